The van der Waals surface area contributed by atoms with E-state index in [0.717, 1.165) is 0 Å². The zero-order chi connectivity index (χ0) is 14.0. The average Bonchev–Trinajstić information content (AvgIpc) is 2.39. The van der Waals surface area contributed by atoms with Crippen molar-refractivity contribution in [1.82, 2.24) is 4.31 Å². The number of benzene rings is 1. The summed E-state index contributed by atoms with van der Waals surface area (Å²) in [5.74, 6) is -1.55. The zero-order valence-corrected chi connectivity index (χ0v) is 12.5. The molecule has 0 radical (unpaired) electrons. The molecule has 0 spiro atoms. The quantitative estimate of drug-likeness (QED) is 0.906. The normalized spacial score (nSPS) is 21.2. The summed E-state index contributed by atoms with van der Waals surface area (Å²) in [6.07, 6.45) is 1.10. The van der Waals surface area contributed by atoms with Crippen LogP contribution in [-0.4, -0.2) is 36.9 Å². The fraction of sp³-hybridized carbons (Fsp3) is 0.417. The summed E-state index contributed by atoms with van der Waals surface area (Å²) in [7, 11) is -3.61. The number of sulfonamides is 1. The first-order valence-electron chi connectivity index (χ1n) is 5.90. The van der Waals surface area contributed by atoms with E-state index in [2.05, 4.69) is 15.9 Å². The number of hydrogen-bond acceptors (Lipinski definition) is 3. The second-order valence-electron chi connectivity index (χ2n) is 4.50. The molecule has 1 aliphatic heterocycles. The predicted octanol–water partition coefficient (Wildman–Crippen LogP) is 1.93. The Morgan fingerprint density at radius 3 is 2.79 bits per heavy atom. The fourth-order valence-electron chi connectivity index (χ4n) is 2.14. The van der Waals surface area contributed by atoms with Crippen molar-refractivity contribution in [2.24, 2.45) is 5.92 Å². The molecule has 1 aromatic rings. The molecule has 0 bridgehead atoms. The summed E-state index contributed by atoms with van der Waals surface area (Å²) in [4.78, 5) is 11.2. The molecule has 5 nitrogen and oxygen atoms in total. The van der Waals surface area contributed by atoms with E-state index < -0.39 is 21.9 Å². The maximum absolute atomic E-state index is 12.4. The molecule has 0 aromatic heterocycles. The Hall–Kier alpha value is -0.920. The fourth-order valence-corrected chi connectivity index (χ4v) is 4.26. The zero-order valence-electron chi connectivity index (χ0n) is 10.1. The number of carbonyl (C=O) groups is 1. The van der Waals surface area contributed by atoms with E-state index in [1.165, 1.54) is 16.4 Å². The van der Waals surface area contributed by atoms with Crippen molar-refractivity contribution in [2.45, 2.75) is 17.7 Å². The van der Waals surface area contributed by atoms with Crippen molar-refractivity contribution < 1.29 is 18.3 Å². The predicted molar refractivity (Wildman–Crippen MR) is 73.3 cm³/mol. The van der Waals surface area contributed by atoms with Gasteiger partial charge in [0.1, 0.15) is 0 Å². The number of carboxylic acids is 1. The molecule has 7 heteroatoms. The number of carboxylic acid groups (broad SMARTS) is 1. The van der Waals surface area contributed by atoms with Gasteiger partial charge in [-0.1, -0.05) is 22.0 Å². The number of piperidine rings is 1. The van der Waals surface area contributed by atoms with Crippen LogP contribution in [0.4, 0.5) is 0 Å². The van der Waals surface area contributed by atoms with Gasteiger partial charge in [0.25, 0.3) is 0 Å². The van der Waals surface area contributed by atoms with Crippen LogP contribution in [0.25, 0.3) is 0 Å². The van der Waals surface area contributed by atoms with Crippen LogP contribution in [0.5, 0.6) is 0 Å². The van der Waals surface area contributed by atoms with E-state index in [0.29, 0.717) is 23.9 Å². The highest BCUT2D eigenvalue weighted by Crippen LogP contribution is 2.25. The summed E-state index contributed by atoms with van der Waals surface area (Å²) < 4.78 is 26.8. The van der Waals surface area contributed by atoms with Crippen LogP contribution in [0.3, 0.4) is 0 Å². The molecule has 0 aliphatic carbocycles. The van der Waals surface area contributed by atoms with Gasteiger partial charge in [-0.25, -0.2) is 8.42 Å². The van der Waals surface area contributed by atoms with Gasteiger partial charge in [0.05, 0.1) is 10.8 Å². The highest BCUT2D eigenvalue weighted by molar-refractivity contribution is 9.10. The lowest BCUT2D eigenvalue weighted by Crippen LogP contribution is -2.42. The average molecular weight is 348 g/mol. The summed E-state index contributed by atoms with van der Waals surface area (Å²) in [5, 5.41) is 9.01. The molecule has 2 rings (SSSR count). The molecule has 1 atom stereocenters. The Labute approximate surface area is 120 Å². The summed E-state index contributed by atoms with van der Waals surface area (Å²) in [6.45, 7) is 0.419. The summed E-state index contributed by atoms with van der Waals surface area (Å²) in [5.41, 5.74) is 0. The van der Waals surface area contributed by atoms with E-state index in [1.807, 2.05) is 0 Å². The lowest BCUT2D eigenvalue weighted by atomic mass is 10.0. The lowest BCUT2D eigenvalue weighted by Gasteiger charge is -2.29. The first kappa shape index (κ1) is 14.5. The minimum Gasteiger partial charge on any atom is -0.481 e. The second kappa shape index (κ2) is 5.60. The van der Waals surface area contributed by atoms with Gasteiger partial charge in [-0.05, 0) is 31.0 Å². The van der Waals surface area contributed by atoms with Gasteiger partial charge >= 0.3 is 5.97 Å². The third-order valence-corrected chi connectivity index (χ3v) is 5.52. The Kier molecular flexibility index (Phi) is 4.27. The first-order valence-corrected chi connectivity index (χ1v) is 8.13. The van der Waals surface area contributed by atoms with Crippen molar-refractivity contribution in [3.05, 3.63) is 28.7 Å². The molecule has 1 saturated heterocycles. The Morgan fingerprint density at radius 2 is 2.16 bits per heavy atom. The van der Waals surface area contributed by atoms with Crippen molar-refractivity contribution in [2.75, 3.05) is 13.1 Å². The van der Waals surface area contributed by atoms with Crippen LogP contribution in [-0.2, 0) is 14.8 Å². The monoisotopic (exact) mass is 347 g/mol. The first-order chi connectivity index (χ1) is 8.91. The van der Waals surface area contributed by atoms with Crippen LogP contribution in [0.2, 0.25) is 0 Å². The lowest BCUT2D eigenvalue weighted by molar-refractivity contribution is -0.142. The van der Waals surface area contributed by atoms with Crippen molar-refractivity contribution in [3.8, 4) is 0 Å². The number of rotatable bonds is 3. The van der Waals surface area contributed by atoms with Gasteiger partial charge in [0.15, 0.2) is 0 Å². The summed E-state index contributed by atoms with van der Waals surface area (Å²) >= 11 is 3.24. The molecular weight excluding hydrogens is 334 g/mol. The Morgan fingerprint density at radius 1 is 1.42 bits per heavy atom. The van der Waals surface area contributed by atoms with Gasteiger partial charge < -0.3 is 5.11 Å². The molecule has 104 valence electrons. The van der Waals surface area contributed by atoms with Crippen LogP contribution in [0.1, 0.15) is 12.8 Å². The van der Waals surface area contributed by atoms with Crippen molar-refractivity contribution >= 4 is 31.9 Å². The molecule has 0 amide bonds. The maximum Gasteiger partial charge on any atom is 0.307 e. The highest BCUT2D eigenvalue weighted by Gasteiger charge is 2.33. The number of hydrogen-bond donors (Lipinski definition) is 1. The van der Waals surface area contributed by atoms with E-state index in [4.69, 9.17) is 5.11 Å². The van der Waals surface area contributed by atoms with Crippen molar-refractivity contribution in [1.29, 1.82) is 0 Å². The molecule has 0 saturated carbocycles. The number of nitrogens with zero attached hydrogens (tertiary/aromatic N) is 1. The molecule has 1 aromatic carbocycles. The molecule has 1 N–H and O–H groups in total. The van der Waals surface area contributed by atoms with E-state index in [-0.39, 0.29) is 11.4 Å². The highest BCUT2D eigenvalue weighted by atomic mass is 79.9. The molecule has 1 heterocycles. The number of halogens is 1. The third-order valence-electron chi connectivity index (χ3n) is 3.17. The van der Waals surface area contributed by atoms with Gasteiger partial charge in [-0.3, -0.25) is 4.79 Å². The Balaban J connectivity index is 2.27. The topological polar surface area (TPSA) is 74.7 Å². The minimum absolute atomic E-state index is 0.0458. The van der Waals surface area contributed by atoms with Crippen LogP contribution < -0.4 is 0 Å². The maximum atomic E-state index is 12.4. The largest absolute Gasteiger partial charge is 0.481 e. The van der Waals surface area contributed by atoms with E-state index in [9.17, 15) is 13.2 Å². The molecule has 1 fully saturated rings. The number of aliphatic carboxylic acids is 1. The standard InChI is InChI=1S/C12H14BrNO4S/c13-10-4-1-5-11(7-10)19(17,18)14-6-2-3-9(8-14)12(15)16/h1,4-5,7,9H,2-3,6,8H2,(H,15,16)/t9-/m0/s1. The molecule has 1 aliphatic rings. The van der Waals surface area contributed by atoms with Crippen LogP contribution >= 0.6 is 15.9 Å². The SMILES string of the molecule is O=C(O)[C@H]1CCCN(S(=O)(=O)c2cccc(Br)c2)C1. The van der Waals surface area contributed by atoms with Gasteiger partial charge in [-0.15, -0.1) is 0 Å². The summed E-state index contributed by atoms with van der Waals surface area (Å²) in [6, 6.07) is 6.44. The van der Waals surface area contributed by atoms with Gasteiger partial charge in [-0.2, -0.15) is 4.31 Å². The second-order valence-corrected chi connectivity index (χ2v) is 7.35. The minimum atomic E-state index is -3.61. The van der Waals surface area contributed by atoms with E-state index >= 15 is 0 Å². The van der Waals surface area contributed by atoms with Crippen LogP contribution in [0, 0.1) is 5.92 Å². The third kappa shape index (κ3) is 3.16. The van der Waals surface area contributed by atoms with Crippen molar-refractivity contribution in [3.63, 3.8) is 0 Å². The molecular formula is C12H14BrNO4S. The molecule has 19 heavy (non-hydrogen) atoms. The van der Waals surface area contributed by atoms with E-state index in [1.54, 1.807) is 12.1 Å². The molecule has 0 unspecified atom stereocenters. The van der Waals surface area contributed by atoms with Crippen LogP contribution in [0.15, 0.2) is 33.6 Å². The smallest absolute Gasteiger partial charge is 0.307 e. The van der Waals surface area contributed by atoms with Gasteiger partial charge in [0, 0.05) is 17.6 Å². The van der Waals surface area contributed by atoms with Gasteiger partial charge in [0.2, 0.25) is 10.0 Å². The Bertz CT molecular complexity index is 587.